The van der Waals surface area contributed by atoms with Gasteiger partial charge in [0.25, 0.3) is 0 Å². The molecule has 0 radical (unpaired) electrons. The third-order valence-corrected chi connectivity index (χ3v) is 5.48. The maximum Gasteiger partial charge on any atom is 0.341 e. The molecule has 32 heavy (non-hydrogen) atoms. The number of hydrogen-bond donors (Lipinski definition) is 1. The Kier molecular flexibility index (Phi) is 6.97. The molecule has 0 saturated heterocycles. The standard InChI is InChI=1S/C23H28N4O5/c1-13-16(14(2)25-21-20(13)22(31-5)26-27(21)3)8-10-19(28)24-12-15-7-9-18(30-4)17(11-15)23(29)32-6/h7,9,11H,8,10,12H2,1-6H3,(H,24,28). The van der Waals surface area contributed by atoms with Crippen LogP contribution in [0.25, 0.3) is 11.0 Å². The summed E-state index contributed by atoms with van der Waals surface area (Å²) in [4.78, 5) is 29.1. The van der Waals surface area contributed by atoms with Gasteiger partial charge in [0.1, 0.15) is 11.3 Å². The fourth-order valence-corrected chi connectivity index (χ4v) is 3.77. The quantitative estimate of drug-likeness (QED) is 0.537. The summed E-state index contributed by atoms with van der Waals surface area (Å²) in [6.07, 6.45) is 0.845. The molecule has 170 valence electrons. The molecule has 1 N–H and O–H groups in total. The molecule has 0 atom stereocenters. The largest absolute Gasteiger partial charge is 0.496 e. The molecule has 0 aliphatic rings. The zero-order chi connectivity index (χ0) is 23.4. The number of amides is 1. The molecule has 3 rings (SSSR count). The second kappa shape index (κ2) is 9.67. The molecular formula is C23H28N4O5. The van der Waals surface area contributed by atoms with Crippen LogP contribution in [0.15, 0.2) is 18.2 Å². The summed E-state index contributed by atoms with van der Waals surface area (Å²) in [5, 5.41) is 8.12. The number of nitrogens with one attached hydrogen (secondary N) is 1. The maximum atomic E-state index is 12.5. The number of aromatic nitrogens is 3. The first-order valence-electron chi connectivity index (χ1n) is 10.2. The smallest absolute Gasteiger partial charge is 0.341 e. The number of methoxy groups -OCH3 is 3. The molecule has 3 aromatic rings. The van der Waals surface area contributed by atoms with E-state index in [1.54, 1.807) is 30.0 Å². The number of esters is 1. The number of ether oxygens (including phenoxy) is 3. The Hall–Kier alpha value is -3.62. The highest BCUT2D eigenvalue weighted by Gasteiger charge is 2.19. The fraction of sp³-hybridized carbons (Fsp3) is 0.391. The fourth-order valence-electron chi connectivity index (χ4n) is 3.77. The molecule has 9 nitrogen and oxygen atoms in total. The van der Waals surface area contributed by atoms with Crippen LogP contribution < -0.4 is 14.8 Å². The van der Waals surface area contributed by atoms with E-state index < -0.39 is 5.97 Å². The van der Waals surface area contributed by atoms with Crippen molar-refractivity contribution in [2.75, 3.05) is 21.3 Å². The Labute approximate surface area is 186 Å². The molecule has 0 fully saturated rings. The predicted octanol–water partition coefficient (Wildman–Crippen LogP) is 2.64. The summed E-state index contributed by atoms with van der Waals surface area (Å²) >= 11 is 0. The highest BCUT2D eigenvalue weighted by atomic mass is 16.5. The van der Waals surface area contributed by atoms with Crippen molar-refractivity contribution >= 4 is 22.9 Å². The molecule has 0 saturated carbocycles. The van der Waals surface area contributed by atoms with E-state index in [-0.39, 0.29) is 5.91 Å². The van der Waals surface area contributed by atoms with Crippen LogP contribution in [0.2, 0.25) is 0 Å². The zero-order valence-corrected chi connectivity index (χ0v) is 19.2. The summed E-state index contributed by atoms with van der Waals surface area (Å²) in [5.41, 5.74) is 4.74. The minimum atomic E-state index is -0.491. The van der Waals surface area contributed by atoms with Gasteiger partial charge in [-0.25, -0.2) is 14.5 Å². The van der Waals surface area contributed by atoms with Crippen LogP contribution >= 0.6 is 0 Å². The van der Waals surface area contributed by atoms with Gasteiger partial charge in [0, 0.05) is 25.7 Å². The van der Waals surface area contributed by atoms with Crippen LogP contribution in [0.1, 0.15) is 39.2 Å². The average molecular weight is 441 g/mol. The number of benzene rings is 1. The number of pyridine rings is 1. The number of carbonyl (C=O) groups excluding carboxylic acids is 2. The third-order valence-electron chi connectivity index (χ3n) is 5.48. The number of carbonyl (C=O) groups is 2. The van der Waals surface area contributed by atoms with E-state index in [1.807, 2.05) is 20.9 Å². The van der Waals surface area contributed by atoms with Gasteiger partial charge in [-0.3, -0.25) is 4.79 Å². The monoisotopic (exact) mass is 440 g/mol. The van der Waals surface area contributed by atoms with Crippen molar-refractivity contribution in [2.45, 2.75) is 33.2 Å². The molecule has 9 heteroatoms. The predicted molar refractivity (Wildman–Crippen MR) is 119 cm³/mol. The van der Waals surface area contributed by atoms with Crippen molar-refractivity contribution in [3.05, 3.63) is 46.1 Å². The Bertz CT molecular complexity index is 1170. The van der Waals surface area contributed by atoms with E-state index in [2.05, 4.69) is 15.4 Å². The molecule has 0 spiro atoms. The summed E-state index contributed by atoms with van der Waals surface area (Å²) < 4.78 is 17.1. The molecule has 1 aromatic carbocycles. The number of rotatable bonds is 8. The normalized spacial score (nSPS) is 10.8. The average Bonchev–Trinajstić information content (AvgIpc) is 3.12. The van der Waals surface area contributed by atoms with Crippen molar-refractivity contribution in [3.8, 4) is 11.6 Å². The molecule has 1 amide bonds. The number of nitrogens with zero attached hydrogens (tertiary/aromatic N) is 3. The number of hydrogen-bond acceptors (Lipinski definition) is 7. The van der Waals surface area contributed by atoms with Gasteiger partial charge >= 0.3 is 5.97 Å². The topological polar surface area (TPSA) is 105 Å². The maximum absolute atomic E-state index is 12.5. The van der Waals surface area contributed by atoms with Gasteiger partial charge < -0.3 is 19.5 Å². The highest BCUT2D eigenvalue weighted by molar-refractivity contribution is 5.92. The van der Waals surface area contributed by atoms with E-state index in [0.717, 1.165) is 33.4 Å². The lowest BCUT2D eigenvalue weighted by atomic mass is 10.00. The van der Waals surface area contributed by atoms with Crippen LogP contribution in [-0.2, 0) is 29.5 Å². The van der Waals surface area contributed by atoms with Gasteiger partial charge in [-0.05, 0) is 49.1 Å². The van der Waals surface area contributed by atoms with E-state index in [1.165, 1.54) is 14.2 Å². The van der Waals surface area contributed by atoms with Crippen LogP contribution in [0.5, 0.6) is 11.6 Å². The summed E-state index contributed by atoms with van der Waals surface area (Å²) in [6.45, 7) is 4.23. The van der Waals surface area contributed by atoms with Gasteiger partial charge in [-0.2, -0.15) is 0 Å². The van der Waals surface area contributed by atoms with Crippen LogP contribution in [-0.4, -0.2) is 48.0 Å². The van der Waals surface area contributed by atoms with Crippen LogP contribution in [0.3, 0.4) is 0 Å². The molecule has 0 aliphatic heterocycles. The van der Waals surface area contributed by atoms with Gasteiger partial charge in [-0.1, -0.05) is 6.07 Å². The summed E-state index contributed by atoms with van der Waals surface area (Å²) in [7, 11) is 6.21. The van der Waals surface area contributed by atoms with E-state index >= 15 is 0 Å². The number of fused-ring (bicyclic) bond motifs is 1. The van der Waals surface area contributed by atoms with E-state index in [0.29, 0.717) is 36.6 Å². The molecule has 2 aromatic heterocycles. The van der Waals surface area contributed by atoms with Crippen LogP contribution in [0, 0.1) is 13.8 Å². The van der Waals surface area contributed by atoms with Gasteiger partial charge in [0.05, 0.1) is 26.7 Å². The van der Waals surface area contributed by atoms with Crippen LogP contribution in [0.4, 0.5) is 0 Å². The Morgan fingerprint density at radius 1 is 1.12 bits per heavy atom. The molecule has 0 bridgehead atoms. The van der Waals surface area contributed by atoms with Gasteiger partial charge in [-0.15, -0.1) is 5.10 Å². The second-order valence-corrected chi connectivity index (χ2v) is 7.44. The van der Waals surface area contributed by atoms with Crippen molar-refractivity contribution in [3.63, 3.8) is 0 Å². The van der Waals surface area contributed by atoms with E-state index in [9.17, 15) is 9.59 Å². The second-order valence-electron chi connectivity index (χ2n) is 7.44. The summed E-state index contributed by atoms with van der Waals surface area (Å²) in [6, 6.07) is 5.14. The first-order valence-corrected chi connectivity index (χ1v) is 10.2. The molecule has 0 unspecified atom stereocenters. The Morgan fingerprint density at radius 3 is 2.53 bits per heavy atom. The van der Waals surface area contributed by atoms with Gasteiger partial charge in [0.15, 0.2) is 5.65 Å². The minimum absolute atomic E-state index is 0.0996. The van der Waals surface area contributed by atoms with Crippen molar-refractivity contribution in [2.24, 2.45) is 7.05 Å². The first-order chi connectivity index (χ1) is 15.3. The lowest BCUT2D eigenvalue weighted by Gasteiger charge is -2.12. The SMILES string of the molecule is COC(=O)c1cc(CNC(=O)CCc2c(C)nc3c(c(OC)nn3C)c2C)ccc1OC. The lowest BCUT2D eigenvalue weighted by Crippen LogP contribution is -2.23. The zero-order valence-electron chi connectivity index (χ0n) is 19.2. The number of aryl methyl sites for hydroxylation is 3. The van der Waals surface area contributed by atoms with Crippen molar-refractivity contribution < 1.29 is 23.8 Å². The van der Waals surface area contributed by atoms with Crippen molar-refractivity contribution in [1.82, 2.24) is 20.1 Å². The lowest BCUT2D eigenvalue weighted by molar-refractivity contribution is -0.121. The first kappa shape index (κ1) is 23.1. The van der Waals surface area contributed by atoms with Crippen molar-refractivity contribution in [1.29, 1.82) is 0 Å². The molecule has 2 heterocycles. The van der Waals surface area contributed by atoms with Gasteiger partial charge in [0.2, 0.25) is 11.8 Å². The molecular weight excluding hydrogens is 412 g/mol. The van der Waals surface area contributed by atoms with E-state index in [4.69, 9.17) is 14.2 Å². The minimum Gasteiger partial charge on any atom is -0.496 e. The Morgan fingerprint density at radius 2 is 1.88 bits per heavy atom. The molecule has 0 aliphatic carbocycles. The third kappa shape index (κ3) is 4.51. The Balaban J connectivity index is 1.69. The summed E-state index contributed by atoms with van der Waals surface area (Å²) in [5.74, 6) is 0.359. The highest BCUT2D eigenvalue weighted by Crippen LogP contribution is 2.30.